The number of halogens is 4. The monoisotopic (exact) mass is 316 g/mol. The van der Waals surface area contributed by atoms with E-state index in [0.717, 1.165) is 17.0 Å². The van der Waals surface area contributed by atoms with Gasteiger partial charge in [0.25, 0.3) is 0 Å². The Bertz CT molecular complexity index is 658. The Labute approximate surface area is 122 Å². The minimum atomic E-state index is -4.45. The molecule has 0 saturated heterocycles. The van der Waals surface area contributed by atoms with Crippen LogP contribution >= 0.6 is 22.9 Å². The van der Waals surface area contributed by atoms with Gasteiger partial charge in [0.2, 0.25) is 0 Å². The predicted octanol–water partition coefficient (Wildman–Crippen LogP) is 4.90. The van der Waals surface area contributed by atoms with Crippen molar-refractivity contribution < 1.29 is 13.2 Å². The van der Waals surface area contributed by atoms with Crippen molar-refractivity contribution in [1.29, 1.82) is 5.26 Å². The summed E-state index contributed by atoms with van der Waals surface area (Å²) in [5, 5.41) is 14.2. The highest BCUT2D eigenvalue weighted by Crippen LogP contribution is 2.32. The molecule has 1 aromatic carbocycles. The quantitative estimate of drug-likeness (QED) is 0.873. The first-order valence-electron chi connectivity index (χ1n) is 5.48. The molecule has 0 saturated carbocycles. The number of anilines is 1. The molecule has 0 amide bonds. The summed E-state index contributed by atoms with van der Waals surface area (Å²) in [4.78, 5) is 0.929. The van der Waals surface area contributed by atoms with Gasteiger partial charge in [0.15, 0.2) is 0 Å². The molecule has 1 heterocycles. The molecular formula is C13H8ClF3N2S. The van der Waals surface area contributed by atoms with Gasteiger partial charge in [-0.3, -0.25) is 0 Å². The second kappa shape index (κ2) is 5.73. The Morgan fingerprint density at radius 3 is 2.60 bits per heavy atom. The Hall–Kier alpha value is -1.71. The molecule has 0 spiro atoms. The van der Waals surface area contributed by atoms with Crippen LogP contribution in [0.1, 0.15) is 16.0 Å². The van der Waals surface area contributed by atoms with Crippen LogP contribution in [0.5, 0.6) is 0 Å². The molecule has 2 rings (SSSR count). The first kappa shape index (κ1) is 14.7. The van der Waals surface area contributed by atoms with Crippen molar-refractivity contribution in [3.05, 3.63) is 50.7 Å². The number of thiophene rings is 1. The largest absolute Gasteiger partial charge is 0.416 e. The first-order chi connectivity index (χ1) is 9.40. The molecule has 104 valence electrons. The third-order valence-electron chi connectivity index (χ3n) is 2.54. The van der Waals surface area contributed by atoms with Crippen molar-refractivity contribution in [3.63, 3.8) is 0 Å². The number of alkyl halides is 3. The van der Waals surface area contributed by atoms with E-state index < -0.39 is 11.7 Å². The Morgan fingerprint density at radius 1 is 1.30 bits per heavy atom. The second-order valence-electron chi connectivity index (χ2n) is 3.95. The lowest BCUT2D eigenvalue weighted by Crippen LogP contribution is -2.07. The number of hydrogen-bond acceptors (Lipinski definition) is 3. The van der Waals surface area contributed by atoms with Crippen molar-refractivity contribution in [1.82, 2.24) is 0 Å². The normalized spacial score (nSPS) is 11.2. The van der Waals surface area contributed by atoms with Crippen molar-refractivity contribution in [3.8, 4) is 6.07 Å². The molecule has 7 heteroatoms. The van der Waals surface area contributed by atoms with Crippen LogP contribution in [0.2, 0.25) is 5.02 Å². The van der Waals surface area contributed by atoms with Crippen molar-refractivity contribution >= 4 is 28.6 Å². The number of hydrogen-bond donors (Lipinski definition) is 1. The van der Waals surface area contributed by atoms with E-state index in [0.29, 0.717) is 17.3 Å². The molecular weight excluding hydrogens is 309 g/mol. The van der Waals surface area contributed by atoms with E-state index in [4.69, 9.17) is 16.9 Å². The lowest BCUT2D eigenvalue weighted by atomic mass is 10.1. The van der Waals surface area contributed by atoms with Crippen molar-refractivity contribution in [2.45, 2.75) is 12.7 Å². The highest BCUT2D eigenvalue weighted by atomic mass is 35.5. The van der Waals surface area contributed by atoms with E-state index in [1.807, 2.05) is 0 Å². The molecule has 2 nitrogen and oxygen atoms in total. The summed E-state index contributed by atoms with van der Waals surface area (Å²) < 4.78 is 37.6. The van der Waals surface area contributed by atoms with Gasteiger partial charge in [0, 0.05) is 16.8 Å². The maximum absolute atomic E-state index is 12.5. The SMILES string of the molecule is N#Cc1cc(C(F)(F)F)ccc1NCc1cc(Cl)cs1. The molecule has 0 aliphatic rings. The van der Waals surface area contributed by atoms with Gasteiger partial charge in [-0.1, -0.05) is 11.6 Å². The number of rotatable bonds is 3. The Balaban J connectivity index is 2.18. The van der Waals surface area contributed by atoms with Crippen molar-refractivity contribution in [2.24, 2.45) is 0 Å². The molecule has 0 aliphatic heterocycles. The van der Waals surface area contributed by atoms with Crippen LogP contribution in [-0.4, -0.2) is 0 Å². The van der Waals surface area contributed by atoms with E-state index in [2.05, 4.69) is 5.32 Å². The fourth-order valence-electron chi connectivity index (χ4n) is 1.60. The minimum absolute atomic E-state index is 0.0394. The molecule has 1 N–H and O–H groups in total. The van der Waals surface area contributed by atoms with E-state index in [1.54, 1.807) is 17.5 Å². The lowest BCUT2D eigenvalue weighted by molar-refractivity contribution is -0.137. The third-order valence-corrected chi connectivity index (χ3v) is 3.83. The van der Waals surface area contributed by atoms with E-state index in [1.165, 1.54) is 17.4 Å². The topological polar surface area (TPSA) is 35.8 Å². The third kappa shape index (κ3) is 3.44. The first-order valence-corrected chi connectivity index (χ1v) is 6.74. The maximum Gasteiger partial charge on any atom is 0.416 e. The lowest BCUT2D eigenvalue weighted by Gasteiger charge is -2.11. The van der Waals surface area contributed by atoms with Crippen LogP contribution in [0, 0.1) is 11.3 Å². The highest BCUT2D eigenvalue weighted by Gasteiger charge is 2.31. The maximum atomic E-state index is 12.5. The fourth-order valence-corrected chi connectivity index (χ4v) is 2.61. The zero-order valence-corrected chi connectivity index (χ0v) is 11.5. The zero-order chi connectivity index (χ0) is 14.8. The Morgan fingerprint density at radius 2 is 2.05 bits per heavy atom. The van der Waals surface area contributed by atoms with Gasteiger partial charge in [0.05, 0.1) is 21.8 Å². The van der Waals surface area contributed by atoms with Crippen molar-refractivity contribution in [2.75, 3.05) is 5.32 Å². The smallest absolute Gasteiger partial charge is 0.379 e. The number of nitriles is 1. The van der Waals surface area contributed by atoms with Gasteiger partial charge in [-0.2, -0.15) is 18.4 Å². The second-order valence-corrected chi connectivity index (χ2v) is 5.39. The highest BCUT2D eigenvalue weighted by molar-refractivity contribution is 7.10. The molecule has 1 aromatic heterocycles. The number of benzene rings is 1. The fraction of sp³-hybridized carbons (Fsp3) is 0.154. The summed E-state index contributed by atoms with van der Waals surface area (Å²) in [6.07, 6.45) is -4.45. The van der Waals surface area contributed by atoms with Gasteiger partial charge in [0.1, 0.15) is 6.07 Å². The molecule has 0 unspecified atom stereocenters. The van der Waals surface area contributed by atoms with Gasteiger partial charge >= 0.3 is 6.18 Å². The molecule has 0 aliphatic carbocycles. The van der Waals surface area contributed by atoms with E-state index in [9.17, 15) is 13.2 Å². The average Bonchev–Trinajstić information content (AvgIpc) is 2.81. The summed E-state index contributed by atoms with van der Waals surface area (Å²) in [7, 11) is 0. The van der Waals surface area contributed by atoms with Crippen LogP contribution in [-0.2, 0) is 12.7 Å². The minimum Gasteiger partial charge on any atom is -0.379 e. The van der Waals surface area contributed by atoms with E-state index in [-0.39, 0.29) is 5.56 Å². The van der Waals surface area contributed by atoms with Crippen LogP contribution in [0.4, 0.5) is 18.9 Å². The van der Waals surface area contributed by atoms with Gasteiger partial charge < -0.3 is 5.32 Å². The molecule has 0 bridgehead atoms. The Kier molecular flexibility index (Phi) is 4.21. The average molecular weight is 317 g/mol. The van der Waals surface area contributed by atoms with Gasteiger partial charge in [-0.05, 0) is 24.3 Å². The number of nitrogens with one attached hydrogen (secondary N) is 1. The molecule has 2 aromatic rings. The summed E-state index contributed by atoms with van der Waals surface area (Å²) in [5.74, 6) is 0. The van der Waals surface area contributed by atoms with Gasteiger partial charge in [-0.15, -0.1) is 11.3 Å². The molecule has 0 fully saturated rings. The standard InChI is InChI=1S/C13H8ClF3N2S/c14-10-4-11(20-7-10)6-19-12-2-1-9(13(15,16)17)3-8(12)5-18/h1-4,7,19H,6H2. The van der Waals surface area contributed by atoms with Gasteiger partial charge in [-0.25, -0.2) is 0 Å². The van der Waals surface area contributed by atoms with Crippen LogP contribution in [0.3, 0.4) is 0 Å². The predicted molar refractivity (Wildman–Crippen MR) is 72.8 cm³/mol. The summed E-state index contributed by atoms with van der Waals surface area (Å²) in [5.41, 5.74) is -0.508. The summed E-state index contributed by atoms with van der Waals surface area (Å²) in [6.45, 7) is 0.400. The summed E-state index contributed by atoms with van der Waals surface area (Å²) >= 11 is 7.21. The molecule has 0 atom stereocenters. The summed E-state index contributed by atoms with van der Waals surface area (Å²) in [6, 6.07) is 6.57. The molecule has 20 heavy (non-hydrogen) atoms. The van der Waals surface area contributed by atoms with Crippen LogP contribution in [0.15, 0.2) is 29.6 Å². The van der Waals surface area contributed by atoms with Crippen LogP contribution < -0.4 is 5.32 Å². The van der Waals surface area contributed by atoms with Crippen LogP contribution in [0.25, 0.3) is 0 Å². The molecule has 0 radical (unpaired) electrons. The van der Waals surface area contributed by atoms with E-state index >= 15 is 0 Å². The zero-order valence-electron chi connectivity index (χ0n) is 9.96. The number of nitrogens with zero attached hydrogens (tertiary/aromatic N) is 1.